The standard InChI is InChI=1S/C34H55N7O7/c1-11-13-14-20(25(43)28(45)35-15-12-2)37-27(44)24-23-19(34(23,9)10)17-41(24)29(46)26(33(6,7)8)39-30(47)38-21(32(3,4)5)18-40-22(42)16-36-31(40)48/h12,16,19-21,23-24,26,42H,2,11,13-15,17-18H2,1,3-10H3,(H,35,45)(H,36,48)(H,37,44)(H2,38,39,47)/t19-,20?,21+,23-,24-,26+/m0/s1. The summed E-state index contributed by atoms with van der Waals surface area (Å²) in [5.41, 5.74) is -2.05. The normalized spacial score (nSPS) is 21.7. The molecule has 0 radical (unpaired) electrons. The molecule has 1 aliphatic heterocycles. The van der Waals surface area contributed by atoms with E-state index in [4.69, 9.17) is 0 Å². The highest BCUT2D eigenvalue weighted by molar-refractivity contribution is 6.38. The number of nitrogens with zero attached hydrogens (tertiary/aromatic N) is 2. The summed E-state index contributed by atoms with van der Waals surface area (Å²) in [5.74, 6) is -2.89. The van der Waals surface area contributed by atoms with E-state index in [1.54, 1.807) is 0 Å². The Labute approximate surface area is 282 Å². The summed E-state index contributed by atoms with van der Waals surface area (Å²) in [6.45, 7) is 21.0. The predicted molar refractivity (Wildman–Crippen MR) is 181 cm³/mol. The average Bonchev–Trinajstić information content (AvgIpc) is 3.27. The second-order valence-corrected chi connectivity index (χ2v) is 15.9. The number of carbonyl (C=O) groups is 5. The number of unbranched alkanes of at least 4 members (excludes halogenated alkanes) is 1. The average molecular weight is 674 g/mol. The maximum atomic E-state index is 14.3. The van der Waals surface area contributed by atoms with Gasteiger partial charge in [0.1, 0.15) is 12.1 Å². The van der Waals surface area contributed by atoms with E-state index < -0.39 is 70.2 Å². The quantitative estimate of drug-likeness (QED) is 0.128. The zero-order valence-electron chi connectivity index (χ0n) is 29.9. The zero-order chi connectivity index (χ0) is 36.4. The van der Waals surface area contributed by atoms with Crippen LogP contribution in [0.3, 0.4) is 0 Å². The Morgan fingerprint density at radius 2 is 1.73 bits per heavy atom. The minimum absolute atomic E-state index is 0.0183. The molecule has 1 saturated carbocycles. The van der Waals surface area contributed by atoms with E-state index in [-0.39, 0.29) is 42.6 Å². The molecule has 268 valence electrons. The van der Waals surface area contributed by atoms with E-state index in [9.17, 15) is 33.9 Å². The number of urea groups is 1. The summed E-state index contributed by atoms with van der Waals surface area (Å²) in [6.07, 6.45) is 4.26. The van der Waals surface area contributed by atoms with E-state index in [1.165, 1.54) is 17.2 Å². The van der Waals surface area contributed by atoms with Crippen molar-refractivity contribution in [3.05, 3.63) is 29.3 Å². The molecule has 1 aliphatic carbocycles. The molecular formula is C34H55N7O7. The van der Waals surface area contributed by atoms with E-state index in [0.29, 0.717) is 13.0 Å². The highest BCUT2D eigenvalue weighted by atomic mass is 16.3. The van der Waals surface area contributed by atoms with Gasteiger partial charge in [0.05, 0.1) is 24.8 Å². The van der Waals surface area contributed by atoms with Gasteiger partial charge in [-0.2, -0.15) is 0 Å². The van der Waals surface area contributed by atoms with Crippen molar-refractivity contribution in [2.75, 3.05) is 13.1 Å². The van der Waals surface area contributed by atoms with Crippen LogP contribution in [0.15, 0.2) is 23.6 Å². The van der Waals surface area contributed by atoms with Crippen LogP contribution in [0.1, 0.15) is 81.6 Å². The Kier molecular flexibility index (Phi) is 11.6. The van der Waals surface area contributed by atoms with Crippen LogP contribution in [0.25, 0.3) is 0 Å². The minimum Gasteiger partial charge on any atom is -0.493 e. The Balaban J connectivity index is 1.85. The van der Waals surface area contributed by atoms with E-state index in [1.807, 2.05) is 62.3 Å². The molecule has 1 saturated heterocycles. The molecule has 6 N–H and O–H groups in total. The lowest BCUT2D eigenvalue weighted by Gasteiger charge is -2.38. The van der Waals surface area contributed by atoms with Crippen molar-refractivity contribution in [3.8, 4) is 5.88 Å². The molecule has 5 amide bonds. The number of hydrogen-bond donors (Lipinski definition) is 6. The molecule has 2 heterocycles. The number of H-pyrrole nitrogens is 1. The van der Waals surface area contributed by atoms with Gasteiger partial charge < -0.3 is 36.3 Å². The number of aromatic nitrogens is 2. The number of aromatic hydroxyl groups is 1. The lowest BCUT2D eigenvalue weighted by atomic mass is 9.85. The number of ketones is 1. The Morgan fingerprint density at radius 3 is 2.25 bits per heavy atom. The summed E-state index contributed by atoms with van der Waals surface area (Å²) in [4.78, 5) is 83.6. The molecule has 0 spiro atoms. The fourth-order valence-electron chi connectivity index (χ4n) is 6.58. The number of carbonyl (C=O) groups excluding carboxylic acids is 5. The SMILES string of the molecule is C=CCNC(=O)C(=O)C(CCCC)NC(=O)[C@@H]1[C@@H]2[C@H](CN1C(=O)[C@@H](NC(=O)N[C@H](Cn1c(O)c[nH]c1=O)C(C)(C)C)C(C)(C)C)C2(C)C. The number of hydrogen-bond acceptors (Lipinski definition) is 7. The summed E-state index contributed by atoms with van der Waals surface area (Å²) < 4.78 is 1.12. The van der Waals surface area contributed by atoms with Crippen LogP contribution < -0.4 is 27.0 Å². The first-order chi connectivity index (χ1) is 22.2. The first-order valence-electron chi connectivity index (χ1n) is 16.7. The van der Waals surface area contributed by atoms with Gasteiger partial charge in [-0.1, -0.05) is 81.2 Å². The van der Waals surface area contributed by atoms with Gasteiger partial charge in [0.2, 0.25) is 23.5 Å². The molecule has 14 nitrogen and oxygen atoms in total. The number of rotatable bonds is 14. The van der Waals surface area contributed by atoms with Gasteiger partial charge in [-0.05, 0) is 34.5 Å². The molecule has 1 unspecified atom stereocenters. The number of Topliss-reactive ketones (excluding diaryl/α,β-unsaturated/α-hetero) is 1. The van der Waals surface area contributed by atoms with Crippen LogP contribution in [-0.2, 0) is 25.7 Å². The molecule has 6 atom stereocenters. The largest absolute Gasteiger partial charge is 0.493 e. The van der Waals surface area contributed by atoms with Gasteiger partial charge in [0, 0.05) is 13.1 Å². The molecule has 0 aromatic carbocycles. The molecule has 48 heavy (non-hydrogen) atoms. The van der Waals surface area contributed by atoms with Gasteiger partial charge in [-0.25, -0.2) is 9.59 Å². The lowest BCUT2D eigenvalue weighted by molar-refractivity contribution is -0.145. The first-order valence-corrected chi connectivity index (χ1v) is 16.7. The van der Waals surface area contributed by atoms with Gasteiger partial charge >= 0.3 is 11.7 Å². The van der Waals surface area contributed by atoms with Crippen LogP contribution in [0.5, 0.6) is 5.88 Å². The van der Waals surface area contributed by atoms with Crippen LogP contribution in [0, 0.1) is 28.1 Å². The van der Waals surface area contributed by atoms with E-state index in [0.717, 1.165) is 11.0 Å². The number of amides is 5. The van der Waals surface area contributed by atoms with Gasteiger partial charge in [0.25, 0.3) is 5.91 Å². The predicted octanol–water partition coefficient (Wildman–Crippen LogP) is 2.04. The smallest absolute Gasteiger partial charge is 0.328 e. The number of imidazole rings is 1. The Bertz CT molecular complexity index is 1450. The molecular weight excluding hydrogens is 618 g/mol. The third kappa shape index (κ3) is 8.48. The molecule has 2 fully saturated rings. The van der Waals surface area contributed by atoms with Crippen LogP contribution in [-0.4, -0.2) is 86.4 Å². The monoisotopic (exact) mass is 673 g/mol. The number of fused-ring (bicyclic) bond motifs is 1. The van der Waals surface area contributed by atoms with Crippen molar-refractivity contribution in [2.45, 2.75) is 112 Å². The number of likely N-dealkylation sites (tertiary alicyclic amines) is 1. The zero-order valence-corrected chi connectivity index (χ0v) is 29.9. The molecule has 2 aliphatic rings. The number of nitrogens with one attached hydrogen (secondary N) is 5. The summed E-state index contributed by atoms with van der Waals surface area (Å²) in [7, 11) is 0. The highest BCUT2D eigenvalue weighted by Crippen LogP contribution is 2.65. The second kappa shape index (κ2) is 14.6. The Hall–Kier alpha value is -4.10. The maximum absolute atomic E-state index is 14.3. The number of piperidine rings is 1. The maximum Gasteiger partial charge on any atom is 0.328 e. The van der Waals surface area contributed by atoms with Crippen LogP contribution >= 0.6 is 0 Å². The van der Waals surface area contributed by atoms with Gasteiger partial charge in [-0.3, -0.25) is 23.7 Å². The summed E-state index contributed by atoms with van der Waals surface area (Å²) in [6, 6.07) is -4.25. The van der Waals surface area contributed by atoms with Crippen molar-refractivity contribution in [2.24, 2.45) is 28.1 Å². The lowest BCUT2D eigenvalue weighted by Crippen LogP contribution is -2.62. The molecule has 14 heteroatoms. The minimum atomic E-state index is -1.05. The van der Waals surface area contributed by atoms with Gasteiger partial charge in [0.15, 0.2) is 0 Å². The van der Waals surface area contributed by atoms with E-state index >= 15 is 0 Å². The third-order valence-corrected chi connectivity index (χ3v) is 9.82. The fourth-order valence-corrected chi connectivity index (χ4v) is 6.58. The Morgan fingerprint density at radius 1 is 1.08 bits per heavy atom. The van der Waals surface area contributed by atoms with E-state index in [2.05, 4.69) is 32.8 Å². The topological polar surface area (TPSA) is 195 Å². The fraction of sp³-hybridized carbons (Fsp3) is 0.706. The van der Waals surface area contributed by atoms with Crippen molar-refractivity contribution in [1.29, 1.82) is 0 Å². The molecule has 1 aromatic heterocycles. The first kappa shape index (κ1) is 38.3. The van der Waals surface area contributed by atoms with Crippen molar-refractivity contribution in [1.82, 2.24) is 35.7 Å². The van der Waals surface area contributed by atoms with Gasteiger partial charge in [-0.15, -0.1) is 6.58 Å². The van der Waals surface area contributed by atoms with Crippen molar-refractivity contribution >= 4 is 29.5 Å². The number of aromatic amines is 1. The second-order valence-electron chi connectivity index (χ2n) is 15.9. The third-order valence-electron chi connectivity index (χ3n) is 9.82. The molecule has 0 bridgehead atoms. The highest BCUT2D eigenvalue weighted by Gasteiger charge is 2.70. The van der Waals surface area contributed by atoms with Crippen LogP contribution in [0.2, 0.25) is 0 Å². The van der Waals surface area contributed by atoms with Crippen molar-refractivity contribution in [3.63, 3.8) is 0 Å². The van der Waals surface area contributed by atoms with Crippen molar-refractivity contribution < 1.29 is 29.1 Å². The summed E-state index contributed by atoms with van der Waals surface area (Å²) in [5, 5.41) is 21.1. The molecule has 3 rings (SSSR count). The molecule has 1 aromatic rings. The summed E-state index contributed by atoms with van der Waals surface area (Å²) >= 11 is 0. The van der Waals surface area contributed by atoms with Crippen LogP contribution in [0.4, 0.5) is 4.79 Å².